The first kappa shape index (κ1) is 12.0. The smallest absolute Gasteiger partial charge is 0.316 e. The molecule has 15 heavy (non-hydrogen) atoms. The van der Waals surface area contributed by atoms with Crippen molar-refractivity contribution in [1.29, 1.82) is 0 Å². The minimum Gasteiger partial charge on any atom is -0.316 e. The standard InChI is InChI=1S/C8H13F3N4/c1-15-6-13-7(14-15)2-4-12-5-3-8(9,10)11/h6,12H,2-5H2,1H3. The molecule has 1 aromatic rings. The Labute approximate surface area is 85.5 Å². The van der Waals surface area contributed by atoms with Crippen LogP contribution in [-0.4, -0.2) is 34.0 Å². The zero-order valence-corrected chi connectivity index (χ0v) is 8.38. The molecule has 0 aromatic carbocycles. The van der Waals surface area contributed by atoms with E-state index in [0.29, 0.717) is 18.8 Å². The van der Waals surface area contributed by atoms with Crippen LogP contribution in [0, 0.1) is 0 Å². The average molecular weight is 222 g/mol. The van der Waals surface area contributed by atoms with Crippen molar-refractivity contribution >= 4 is 0 Å². The van der Waals surface area contributed by atoms with Gasteiger partial charge in [0.25, 0.3) is 0 Å². The van der Waals surface area contributed by atoms with Gasteiger partial charge < -0.3 is 5.32 Å². The number of nitrogens with zero attached hydrogens (tertiary/aromatic N) is 3. The predicted molar refractivity (Wildman–Crippen MR) is 48.2 cm³/mol. The van der Waals surface area contributed by atoms with Crippen molar-refractivity contribution in [3.05, 3.63) is 12.2 Å². The number of aryl methyl sites for hydroxylation is 1. The summed E-state index contributed by atoms with van der Waals surface area (Å²) < 4.78 is 36.8. The van der Waals surface area contributed by atoms with Crippen LogP contribution in [0.1, 0.15) is 12.2 Å². The molecule has 0 aliphatic heterocycles. The van der Waals surface area contributed by atoms with Crippen LogP contribution in [0.2, 0.25) is 0 Å². The van der Waals surface area contributed by atoms with E-state index in [-0.39, 0.29) is 6.54 Å². The van der Waals surface area contributed by atoms with Crippen LogP contribution in [-0.2, 0) is 13.5 Å². The van der Waals surface area contributed by atoms with Gasteiger partial charge >= 0.3 is 6.18 Å². The van der Waals surface area contributed by atoms with Crippen LogP contribution in [0.4, 0.5) is 13.2 Å². The van der Waals surface area contributed by atoms with E-state index in [9.17, 15) is 13.2 Å². The molecule has 0 bridgehead atoms. The summed E-state index contributed by atoms with van der Waals surface area (Å²) in [5.74, 6) is 0.636. The number of hydrogen-bond acceptors (Lipinski definition) is 3. The van der Waals surface area contributed by atoms with Gasteiger partial charge in [-0.15, -0.1) is 0 Å². The third-order valence-electron chi connectivity index (χ3n) is 1.76. The summed E-state index contributed by atoms with van der Waals surface area (Å²) in [6.07, 6.45) is -2.79. The lowest BCUT2D eigenvalue weighted by Gasteiger charge is -2.06. The van der Waals surface area contributed by atoms with E-state index in [2.05, 4.69) is 15.4 Å². The summed E-state index contributed by atoms with van der Waals surface area (Å²) in [5.41, 5.74) is 0. The average Bonchev–Trinajstić information content (AvgIpc) is 2.49. The molecule has 0 unspecified atom stereocenters. The first-order chi connectivity index (χ1) is 6.97. The van der Waals surface area contributed by atoms with E-state index in [1.165, 1.54) is 0 Å². The van der Waals surface area contributed by atoms with Gasteiger partial charge in [0.15, 0.2) is 5.82 Å². The van der Waals surface area contributed by atoms with Crippen molar-refractivity contribution in [3.8, 4) is 0 Å². The predicted octanol–water partition coefficient (Wildman–Crippen LogP) is 0.900. The Hall–Kier alpha value is -1.11. The lowest BCUT2D eigenvalue weighted by molar-refractivity contribution is -0.133. The maximum atomic E-state index is 11.7. The van der Waals surface area contributed by atoms with Gasteiger partial charge in [-0.25, -0.2) is 4.98 Å². The summed E-state index contributed by atoms with van der Waals surface area (Å²) >= 11 is 0. The number of aromatic nitrogens is 3. The molecular formula is C8H13F3N4. The summed E-state index contributed by atoms with van der Waals surface area (Å²) in [6, 6.07) is 0. The van der Waals surface area contributed by atoms with Gasteiger partial charge in [0, 0.05) is 26.6 Å². The zero-order valence-electron chi connectivity index (χ0n) is 8.38. The monoisotopic (exact) mass is 222 g/mol. The largest absolute Gasteiger partial charge is 0.390 e. The highest BCUT2D eigenvalue weighted by atomic mass is 19.4. The van der Waals surface area contributed by atoms with E-state index in [1.54, 1.807) is 18.1 Å². The molecule has 1 aromatic heterocycles. The molecule has 1 rings (SSSR count). The molecule has 0 fully saturated rings. The highest BCUT2D eigenvalue weighted by molar-refractivity contribution is 4.81. The minimum absolute atomic E-state index is 0.0592. The third-order valence-corrected chi connectivity index (χ3v) is 1.76. The molecule has 0 saturated carbocycles. The lowest BCUT2D eigenvalue weighted by atomic mass is 10.3. The fraction of sp³-hybridized carbons (Fsp3) is 0.750. The molecule has 1 N–H and O–H groups in total. The van der Waals surface area contributed by atoms with Gasteiger partial charge in [0.05, 0.1) is 6.42 Å². The van der Waals surface area contributed by atoms with Crippen molar-refractivity contribution in [2.75, 3.05) is 13.1 Å². The van der Waals surface area contributed by atoms with Crippen molar-refractivity contribution < 1.29 is 13.2 Å². The topological polar surface area (TPSA) is 42.7 Å². The molecule has 86 valence electrons. The van der Waals surface area contributed by atoms with E-state index in [4.69, 9.17) is 0 Å². The summed E-state index contributed by atoms with van der Waals surface area (Å²) in [6.45, 7) is 0.399. The van der Waals surface area contributed by atoms with Crippen molar-refractivity contribution in [3.63, 3.8) is 0 Å². The summed E-state index contributed by atoms with van der Waals surface area (Å²) in [7, 11) is 1.74. The molecule has 0 radical (unpaired) electrons. The normalized spacial score (nSPS) is 12.0. The second-order valence-electron chi connectivity index (χ2n) is 3.20. The first-order valence-corrected chi connectivity index (χ1v) is 4.59. The van der Waals surface area contributed by atoms with Crippen molar-refractivity contribution in [1.82, 2.24) is 20.1 Å². The van der Waals surface area contributed by atoms with Crippen LogP contribution in [0.3, 0.4) is 0 Å². The minimum atomic E-state index is -4.09. The Morgan fingerprint density at radius 1 is 1.40 bits per heavy atom. The number of rotatable bonds is 5. The quantitative estimate of drug-likeness (QED) is 0.753. The van der Waals surface area contributed by atoms with Crippen molar-refractivity contribution in [2.24, 2.45) is 7.05 Å². The lowest BCUT2D eigenvalue weighted by Crippen LogP contribution is -2.23. The second kappa shape index (κ2) is 5.11. The highest BCUT2D eigenvalue weighted by Gasteiger charge is 2.25. The Morgan fingerprint density at radius 2 is 2.13 bits per heavy atom. The van der Waals surface area contributed by atoms with Gasteiger partial charge in [-0.05, 0) is 0 Å². The number of alkyl halides is 3. The number of nitrogens with one attached hydrogen (secondary N) is 1. The fourth-order valence-corrected chi connectivity index (χ4v) is 1.05. The maximum absolute atomic E-state index is 11.7. The van der Waals surface area contributed by atoms with Gasteiger partial charge in [-0.3, -0.25) is 4.68 Å². The van der Waals surface area contributed by atoms with Crippen LogP contribution < -0.4 is 5.32 Å². The molecule has 1 heterocycles. The highest BCUT2D eigenvalue weighted by Crippen LogP contribution is 2.17. The molecular weight excluding hydrogens is 209 g/mol. The van der Waals surface area contributed by atoms with Crippen LogP contribution >= 0.6 is 0 Å². The third kappa shape index (κ3) is 5.36. The van der Waals surface area contributed by atoms with Gasteiger partial charge in [-0.2, -0.15) is 18.3 Å². The number of halogens is 3. The zero-order chi connectivity index (χ0) is 11.3. The molecule has 0 aliphatic rings. The van der Waals surface area contributed by atoms with Gasteiger partial charge in [0.1, 0.15) is 6.33 Å². The molecule has 0 atom stereocenters. The molecule has 0 spiro atoms. The molecule has 0 amide bonds. The molecule has 0 aliphatic carbocycles. The first-order valence-electron chi connectivity index (χ1n) is 4.59. The summed E-state index contributed by atoms with van der Waals surface area (Å²) in [4.78, 5) is 3.95. The maximum Gasteiger partial charge on any atom is 0.390 e. The molecule has 4 nitrogen and oxygen atoms in total. The molecule has 7 heteroatoms. The number of hydrogen-bond donors (Lipinski definition) is 1. The summed E-state index contributed by atoms with van der Waals surface area (Å²) in [5, 5.41) is 6.69. The van der Waals surface area contributed by atoms with Crippen LogP contribution in [0.25, 0.3) is 0 Å². The Balaban J connectivity index is 2.07. The SMILES string of the molecule is Cn1cnc(CCNCCC(F)(F)F)n1. The van der Waals surface area contributed by atoms with E-state index < -0.39 is 12.6 Å². The van der Waals surface area contributed by atoms with Gasteiger partial charge in [0.2, 0.25) is 0 Å². The van der Waals surface area contributed by atoms with Crippen LogP contribution in [0.5, 0.6) is 0 Å². The van der Waals surface area contributed by atoms with Gasteiger partial charge in [-0.1, -0.05) is 0 Å². The van der Waals surface area contributed by atoms with E-state index in [0.717, 1.165) is 0 Å². The Bertz CT molecular complexity index is 294. The molecule has 0 saturated heterocycles. The van der Waals surface area contributed by atoms with E-state index in [1.807, 2.05) is 0 Å². The second-order valence-corrected chi connectivity index (χ2v) is 3.20. The Morgan fingerprint density at radius 3 is 2.67 bits per heavy atom. The van der Waals surface area contributed by atoms with Crippen LogP contribution in [0.15, 0.2) is 6.33 Å². The van der Waals surface area contributed by atoms with E-state index >= 15 is 0 Å². The Kier molecular flexibility index (Phi) is 4.07. The van der Waals surface area contributed by atoms with Crippen molar-refractivity contribution in [2.45, 2.75) is 19.0 Å². The fourth-order valence-electron chi connectivity index (χ4n) is 1.05.